The lowest BCUT2D eigenvalue weighted by molar-refractivity contribution is -0.385. The molecule has 96 valence electrons. The number of nitro benzene ring substituents is 1. The molecule has 1 aromatic carbocycles. The summed E-state index contributed by atoms with van der Waals surface area (Å²) in [5.74, 6) is 1.40. The number of halogens is 1. The van der Waals surface area contributed by atoms with Crippen molar-refractivity contribution in [2.24, 2.45) is 10.7 Å². The van der Waals surface area contributed by atoms with Crippen LogP contribution in [0.3, 0.4) is 0 Å². The van der Waals surface area contributed by atoms with E-state index in [0.717, 1.165) is 17.9 Å². The highest BCUT2D eigenvalue weighted by atomic mass is 32.2. The molecule has 18 heavy (non-hydrogen) atoms. The van der Waals surface area contributed by atoms with Crippen LogP contribution in [0.4, 0.5) is 10.1 Å². The van der Waals surface area contributed by atoms with Crippen LogP contribution < -0.4 is 5.73 Å². The summed E-state index contributed by atoms with van der Waals surface area (Å²) >= 11 is 1.63. The van der Waals surface area contributed by atoms with Crippen molar-refractivity contribution < 1.29 is 9.31 Å². The number of benzene rings is 1. The minimum atomic E-state index is -0.540. The zero-order chi connectivity index (χ0) is 13.1. The van der Waals surface area contributed by atoms with E-state index in [9.17, 15) is 14.5 Å². The van der Waals surface area contributed by atoms with Gasteiger partial charge in [-0.1, -0.05) is 0 Å². The van der Waals surface area contributed by atoms with E-state index in [0.29, 0.717) is 18.0 Å². The van der Waals surface area contributed by atoms with Crippen molar-refractivity contribution >= 4 is 23.3 Å². The fourth-order valence-corrected chi connectivity index (χ4v) is 2.62. The van der Waals surface area contributed by atoms with Crippen molar-refractivity contribution in [1.29, 1.82) is 0 Å². The third-order valence-electron chi connectivity index (χ3n) is 2.66. The molecule has 0 amide bonds. The fourth-order valence-electron chi connectivity index (χ4n) is 1.80. The normalized spacial score (nSPS) is 20.1. The minimum absolute atomic E-state index is 0.128. The summed E-state index contributed by atoms with van der Waals surface area (Å²) in [5, 5.41) is 10.7. The van der Waals surface area contributed by atoms with Crippen LogP contribution in [-0.2, 0) is 0 Å². The third kappa shape index (κ3) is 2.79. The molecule has 2 N–H and O–H groups in total. The van der Waals surface area contributed by atoms with E-state index in [1.165, 1.54) is 6.07 Å². The monoisotopic (exact) mass is 269 g/mol. The SMILES string of the molecule is NC1=NC(c2cc([N+](=O)[O-])ccc2F)CCSC1. The van der Waals surface area contributed by atoms with Crippen LogP contribution in [0.1, 0.15) is 18.0 Å². The Bertz CT molecular complexity index is 507. The standard InChI is InChI=1S/C11H12FN3O2S/c12-9-2-1-7(15(16)17)5-8(9)10-3-4-18-6-11(13)14-10/h1-2,5,10H,3-4,6H2,(H2,13,14). The quantitative estimate of drug-likeness (QED) is 0.659. The third-order valence-corrected chi connectivity index (χ3v) is 3.68. The highest BCUT2D eigenvalue weighted by Gasteiger charge is 2.20. The lowest BCUT2D eigenvalue weighted by Gasteiger charge is -2.11. The Morgan fingerprint density at radius 1 is 1.56 bits per heavy atom. The lowest BCUT2D eigenvalue weighted by Crippen LogP contribution is -2.15. The highest BCUT2D eigenvalue weighted by Crippen LogP contribution is 2.30. The molecule has 1 unspecified atom stereocenters. The van der Waals surface area contributed by atoms with Crippen LogP contribution in [-0.4, -0.2) is 22.3 Å². The van der Waals surface area contributed by atoms with E-state index in [1.54, 1.807) is 11.8 Å². The average molecular weight is 269 g/mol. The maximum absolute atomic E-state index is 13.7. The van der Waals surface area contributed by atoms with E-state index in [4.69, 9.17) is 5.73 Å². The largest absolute Gasteiger partial charge is 0.387 e. The molecule has 2 rings (SSSR count). The van der Waals surface area contributed by atoms with Crippen molar-refractivity contribution in [2.75, 3.05) is 11.5 Å². The van der Waals surface area contributed by atoms with Crippen molar-refractivity contribution in [3.8, 4) is 0 Å². The Labute approximate surface area is 107 Å². The molecule has 0 spiro atoms. The van der Waals surface area contributed by atoms with Gasteiger partial charge >= 0.3 is 0 Å². The van der Waals surface area contributed by atoms with Crippen LogP contribution in [0.2, 0.25) is 0 Å². The van der Waals surface area contributed by atoms with E-state index in [2.05, 4.69) is 4.99 Å². The number of aliphatic imine (C=N–C) groups is 1. The Hall–Kier alpha value is -1.63. The summed E-state index contributed by atoms with van der Waals surface area (Å²) < 4.78 is 13.7. The topological polar surface area (TPSA) is 81.5 Å². The van der Waals surface area contributed by atoms with Crippen LogP contribution in [0.25, 0.3) is 0 Å². The van der Waals surface area contributed by atoms with Gasteiger partial charge in [-0.15, -0.1) is 0 Å². The Kier molecular flexibility index (Phi) is 3.81. The number of thioether (sulfide) groups is 1. The second kappa shape index (κ2) is 5.34. The molecule has 5 nitrogen and oxygen atoms in total. The summed E-state index contributed by atoms with van der Waals surface area (Å²) in [6.07, 6.45) is 0.628. The molecule has 0 radical (unpaired) electrons. The number of hydrogen-bond acceptors (Lipinski definition) is 5. The summed E-state index contributed by atoms with van der Waals surface area (Å²) in [5.41, 5.74) is 5.80. The van der Waals surface area contributed by atoms with Gasteiger partial charge in [-0.25, -0.2) is 4.39 Å². The van der Waals surface area contributed by atoms with Crippen LogP contribution >= 0.6 is 11.8 Å². The van der Waals surface area contributed by atoms with E-state index >= 15 is 0 Å². The predicted octanol–water partition coefficient (Wildman–Crippen LogP) is 2.27. The second-order valence-electron chi connectivity index (χ2n) is 3.94. The first kappa shape index (κ1) is 12.8. The van der Waals surface area contributed by atoms with Gasteiger partial charge in [0, 0.05) is 17.7 Å². The molecule has 0 saturated heterocycles. The fraction of sp³-hybridized carbons (Fsp3) is 0.364. The van der Waals surface area contributed by atoms with Gasteiger partial charge in [0.2, 0.25) is 0 Å². The number of nitro groups is 1. The number of amidine groups is 1. The first-order chi connectivity index (χ1) is 8.58. The van der Waals surface area contributed by atoms with Crippen LogP contribution in [0, 0.1) is 15.9 Å². The van der Waals surface area contributed by atoms with Gasteiger partial charge in [-0.2, -0.15) is 11.8 Å². The molecule has 0 saturated carbocycles. The Morgan fingerprint density at radius 2 is 2.33 bits per heavy atom. The Balaban J connectivity index is 2.39. The number of nitrogens with zero attached hydrogens (tertiary/aromatic N) is 2. The van der Waals surface area contributed by atoms with Crippen LogP contribution in [0.15, 0.2) is 23.2 Å². The summed E-state index contributed by atoms with van der Waals surface area (Å²) in [4.78, 5) is 14.4. The first-order valence-corrected chi connectivity index (χ1v) is 6.57. The van der Waals surface area contributed by atoms with E-state index in [1.807, 2.05) is 0 Å². The van der Waals surface area contributed by atoms with Gasteiger partial charge in [-0.3, -0.25) is 15.1 Å². The smallest absolute Gasteiger partial charge is 0.269 e. The zero-order valence-electron chi connectivity index (χ0n) is 9.51. The first-order valence-electron chi connectivity index (χ1n) is 5.41. The van der Waals surface area contributed by atoms with Crippen molar-refractivity contribution in [2.45, 2.75) is 12.5 Å². The molecule has 1 aliphatic heterocycles. The van der Waals surface area contributed by atoms with Gasteiger partial charge in [0.1, 0.15) is 11.7 Å². The Morgan fingerprint density at radius 3 is 3.06 bits per heavy atom. The van der Waals surface area contributed by atoms with Gasteiger partial charge in [0.05, 0.1) is 16.7 Å². The van der Waals surface area contributed by atoms with Gasteiger partial charge in [-0.05, 0) is 18.2 Å². The molecule has 1 atom stereocenters. The molecule has 0 aliphatic carbocycles. The summed E-state index contributed by atoms with van der Waals surface area (Å²) in [6.45, 7) is 0. The predicted molar refractivity (Wildman–Crippen MR) is 69.4 cm³/mol. The number of nitrogens with two attached hydrogens (primary N) is 1. The highest BCUT2D eigenvalue weighted by molar-refractivity contribution is 7.99. The molecule has 7 heteroatoms. The summed E-state index contributed by atoms with van der Waals surface area (Å²) in [6, 6.07) is 3.07. The maximum atomic E-state index is 13.7. The second-order valence-corrected chi connectivity index (χ2v) is 5.05. The minimum Gasteiger partial charge on any atom is -0.387 e. The molecule has 0 fully saturated rings. The number of rotatable bonds is 2. The van der Waals surface area contributed by atoms with Crippen molar-refractivity contribution in [3.63, 3.8) is 0 Å². The number of hydrogen-bond donors (Lipinski definition) is 1. The molecular formula is C11H12FN3O2S. The lowest BCUT2D eigenvalue weighted by atomic mass is 10.0. The number of non-ortho nitro benzene ring substituents is 1. The molecular weight excluding hydrogens is 257 g/mol. The molecule has 1 aliphatic rings. The van der Waals surface area contributed by atoms with E-state index < -0.39 is 16.8 Å². The van der Waals surface area contributed by atoms with Crippen molar-refractivity contribution in [1.82, 2.24) is 0 Å². The molecule has 1 aromatic rings. The molecule has 0 aromatic heterocycles. The molecule has 0 bridgehead atoms. The maximum Gasteiger partial charge on any atom is 0.269 e. The van der Waals surface area contributed by atoms with E-state index in [-0.39, 0.29) is 11.3 Å². The molecule has 1 heterocycles. The van der Waals surface area contributed by atoms with Gasteiger partial charge < -0.3 is 5.73 Å². The van der Waals surface area contributed by atoms with Gasteiger partial charge in [0.25, 0.3) is 5.69 Å². The average Bonchev–Trinajstić information content (AvgIpc) is 2.54. The van der Waals surface area contributed by atoms with Crippen LogP contribution in [0.5, 0.6) is 0 Å². The summed E-state index contributed by atoms with van der Waals surface area (Å²) in [7, 11) is 0. The zero-order valence-corrected chi connectivity index (χ0v) is 10.3. The van der Waals surface area contributed by atoms with Crippen molar-refractivity contribution in [3.05, 3.63) is 39.7 Å². The van der Waals surface area contributed by atoms with Gasteiger partial charge in [0.15, 0.2) is 0 Å².